The zero-order chi connectivity index (χ0) is 56.3. The highest BCUT2D eigenvalue weighted by atomic mass is 16.8. The zero-order valence-electron chi connectivity index (χ0n) is 46.2. The van der Waals surface area contributed by atoms with Crippen molar-refractivity contribution in [1.82, 2.24) is 0 Å². The molecule has 0 aromatic heterocycles. The van der Waals surface area contributed by atoms with Gasteiger partial charge in [-0.2, -0.15) is 0 Å². The lowest BCUT2D eigenvalue weighted by Gasteiger charge is -2.72. The molecule has 9 aliphatic rings. The molecule has 4 aliphatic heterocycles. The first kappa shape index (κ1) is 60.5. The summed E-state index contributed by atoms with van der Waals surface area (Å²) in [4.78, 5) is 0. The molecule has 30 atom stereocenters. The third-order valence-electron chi connectivity index (χ3n) is 21.8. The Morgan fingerprint density at radius 3 is 1.71 bits per heavy atom. The van der Waals surface area contributed by atoms with Crippen molar-refractivity contribution in [3.05, 3.63) is 11.6 Å². The van der Waals surface area contributed by atoms with Crippen LogP contribution in [0.5, 0.6) is 0 Å². The van der Waals surface area contributed by atoms with Crippen molar-refractivity contribution in [3.8, 4) is 0 Å². The highest BCUT2D eigenvalue weighted by molar-refractivity contribution is 5.36. The molecule has 22 nitrogen and oxygen atoms in total. The van der Waals surface area contributed by atoms with Crippen LogP contribution in [0.25, 0.3) is 0 Å². The fraction of sp³-hybridized carbons (Fsp3) is 0.964. The average Bonchev–Trinajstić information content (AvgIpc) is 3.41. The van der Waals surface area contributed by atoms with Crippen molar-refractivity contribution in [2.75, 3.05) is 33.5 Å². The number of hydrogen-bond donors (Lipinski definition) is 13. The molecule has 0 radical (unpaired) electrons. The minimum absolute atomic E-state index is 0.0204. The summed E-state index contributed by atoms with van der Waals surface area (Å²) in [5.74, 6) is 0.102. The van der Waals surface area contributed by atoms with Crippen LogP contribution in [-0.4, -0.2) is 235 Å². The van der Waals surface area contributed by atoms with Crippen molar-refractivity contribution in [2.45, 2.75) is 248 Å². The van der Waals surface area contributed by atoms with Gasteiger partial charge in [0.25, 0.3) is 0 Å². The van der Waals surface area contributed by atoms with E-state index in [1.807, 2.05) is 6.92 Å². The van der Waals surface area contributed by atoms with Gasteiger partial charge in [-0.1, -0.05) is 53.2 Å². The Hall–Kier alpha value is -1.14. The van der Waals surface area contributed by atoms with Crippen LogP contribution in [0.3, 0.4) is 0 Å². The van der Waals surface area contributed by atoms with Gasteiger partial charge in [-0.25, -0.2) is 0 Å². The van der Waals surface area contributed by atoms with Crippen molar-refractivity contribution < 1.29 is 109 Å². The van der Waals surface area contributed by atoms with Gasteiger partial charge >= 0.3 is 0 Å². The summed E-state index contributed by atoms with van der Waals surface area (Å²) in [7, 11) is 1.78. The van der Waals surface area contributed by atoms with E-state index in [2.05, 4.69) is 40.7 Å². The Kier molecular flexibility index (Phi) is 17.4. The van der Waals surface area contributed by atoms with E-state index >= 15 is 0 Å². The van der Waals surface area contributed by atoms with Crippen LogP contribution in [0.15, 0.2) is 11.6 Å². The van der Waals surface area contributed by atoms with Crippen molar-refractivity contribution in [3.63, 3.8) is 0 Å². The zero-order valence-corrected chi connectivity index (χ0v) is 46.2. The number of aliphatic hydroxyl groups excluding tert-OH is 13. The van der Waals surface area contributed by atoms with Gasteiger partial charge in [0.2, 0.25) is 0 Å². The predicted octanol–water partition coefficient (Wildman–Crippen LogP) is -0.909. The standard InChI is InChI=1S/C55H92O22/c1-24-33(60)36(63)39(66)46(70-24)75-42-30(21-57)73-48(41(68)38(42)65)76-43-34(61)25(2)71-49(44(43)77-47-40(67)37(64)35(62)29(20-56)72-47)74-32-11-12-51(5)31(52(32,6)22-58)10-13-54(8)45(51)28(69-9)18-26-27-19-50(3,4)14-16-55(27,23-59)17-15-53(26,54)7/h18,24-25,27-49,56-68H,10-17,19-23H2,1-9H3/t24-,25-,27?,28?,29-,30-,31?,32?,33-,34+,35-,36-,37-,38+,39-,40-,41-,42-,43+,44-,45?,46+,47+,48+,49+,51?,52?,53?,54?,55?/m1/s1. The fourth-order valence-electron chi connectivity index (χ4n) is 16.8. The molecule has 13 N–H and O–H groups in total. The van der Waals surface area contributed by atoms with Gasteiger partial charge in [0.05, 0.1) is 44.2 Å². The summed E-state index contributed by atoms with van der Waals surface area (Å²) in [5, 5.41) is 143. The van der Waals surface area contributed by atoms with Crippen LogP contribution in [0, 0.1) is 50.2 Å². The maximum Gasteiger partial charge on any atom is 0.187 e. The fourth-order valence-corrected chi connectivity index (χ4v) is 16.8. The molecule has 10 unspecified atom stereocenters. The SMILES string of the molecule is COC1C=C2C3CC(C)(C)CCC3(CO)CCC2(C)C2(C)CCC3C(C)(CO)C(O[C@@H]4O[C@H](C)[C@H](O)[C@H](O[C@@H]5O[C@H](CO)[C@@H](O[C@@H]6O[C@H](C)[C@@H](O)[C@@H](O)[C@H]6O)[C@@H](O)[C@H]5O)[C@H]4O[C@@H]4O[C@H](CO)[C@@H](O)[C@@H](O)[C@H]4O)CCC3(C)C12. The normalized spacial score (nSPS) is 55.8. The third kappa shape index (κ3) is 9.85. The van der Waals surface area contributed by atoms with Crippen LogP contribution in [0.4, 0.5) is 0 Å². The van der Waals surface area contributed by atoms with Gasteiger partial charge in [-0.05, 0) is 105 Å². The minimum Gasteiger partial charge on any atom is -0.396 e. The summed E-state index contributed by atoms with van der Waals surface area (Å²) in [6.07, 6.45) is -24.1. The van der Waals surface area contributed by atoms with Crippen LogP contribution >= 0.6 is 0 Å². The van der Waals surface area contributed by atoms with Crippen molar-refractivity contribution >= 4 is 0 Å². The van der Waals surface area contributed by atoms with Crippen LogP contribution in [0.1, 0.15) is 113 Å². The van der Waals surface area contributed by atoms with Gasteiger partial charge in [0.15, 0.2) is 25.2 Å². The summed E-state index contributed by atoms with van der Waals surface area (Å²) < 4.78 is 56.0. The van der Waals surface area contributed by atoms with E-state index in [1.165, 1.54) is 19.4 Å². The molecule has 8 fully saturated rings. The van der Waals surface area contributed by atoms with E-state index in [4.69, 9.17) is 42.6 Å². The van der Waals surface area contributed by atoms with Gasteiger partial charge in [0.1, 0.15) is 85.5 Å². The highest BCUT2D eigenvalue weighted by Crippen LogP contribution is 2.76. The lowest BCUT2D eigenvalue weighted by molar-refractivity contribution is -0.403. The highest BCUT2D eigenvalue weighted by Gasteiger charge is 2.71. The van der Waals surface area contributed by atoms with E-state index in [0.717, 1.165) is 44.9 Å². The maximum absolute atomic E-state index is 12.0. The average molecular weight is 1110 g/mol. The number of rotatable bonds is 13. The molecule has 444 valence electrons. The predicted molar refractivity (Wildman–Crippen MR) is 267 cm³/mol. The van der Waals surface area contributed by atoms with E-state index in [0.29, 0.717) is 12.8 Å². The van der Waals surface area contributed by atoms with Crippen LogP contribution in [-0.2, 0) is 42.6 Å². The molecule has 9 rings (SSSR count). The largest absolute Gasteiger partial charge is 0.396 e. The summed E-state index contributed by atoms with van der Waals surface area (Å²) in [5.41, 5.74) is -0.390. The molecule has 5 aliphatic carbocycles. The van der Waals surface area contributed by atoms with Crippen molar-refractivity contribution in [1.29, 1.82) is 0 Å². The minimum atomic E-state index is -2.01. The number of methoxy groups -OCH3 is 1. The van der Waals surface area contributed by atoms with Crippen molar-refractivity contribution in [2.24, 2.45) is 50.2 Å². The molecular weight excluding hydrogens is 1010 g/mol. The lowest BCUT2D eigenvalue weighted by Crippen LogP contribution is -2.69. The molecule has 77 heavy (non-hydrogen) atoms. The van der Waals surface area contributed by atoms with Gasteiger partial charge in [-0.15, -0.1) is 0 Å². The lowest BCUT2D eigenvalue weighted by atomic mass is 9.33. The Labute approximate surface area is 451 Å². The topological polar surface area (TPSA) is 346 Å². The molecule has 4 heterocycles. The summed E-state index contributed by atoms with van der Waals surface area (Å²) in [6.45, 7) is 15.0. The van der Waals surface area contributed by atoms with E-state index in [9.17, 15) is 66.4 Å². The number of aliphatic hydroxyl groups is 13. The molecule has 0 aromatic carbocycles. The number of fused-ring (bicyclic) bond motifs is 7. The Morgan fingerprint density at radius 2 is 1.09 bits per heavy atom. The first-order valence-electron chi connectivity index (χ1n) is 28.2. The van der Waals surface area contributed by atoms with Crippen LogP contribution < -0.4 is 0 Å². The molecular formula is C55H92O22. The number of hydrogen-bond acceptors (Lipinski definition) is 22. The summed E-state index contributed by atoms with van der Waals surface area (Å²) >= 11 is 0. The quantitative estimate of drug-likeness (QED) is 0.0784. The van der Waals surface area contributed by atoms with E-state index in [1.54, 1.807) is 7.11 Å². The second-order valence-corrected chi connectivity index (χ2v) is 26.5. The maximum atomic E-state index is 12.0. The summed E-state index contributed by atoms with van der Waals surface area (Å²) in [6, 6.07) is 0. The molecule has 4 saturated heterocycles. The second-order valence-electron chi connectivity index (χ2n) is 26.5. The van der Waals surface area contributed by atoms with E-state index in [-0.39, 0.29) is 58.7 Å². The molecule has 4 saturated carbocycles. The number of ether oxygens (including phenoxy) is 9. The number of allylic oxidation sites excluding steroid dienone is 1. The Morgan fingerprint density at radius 1 is 0.532 bits per heavy atom. The van der Waals surface area contributed by atoms with Gasteiger partial charge in [0, 0.05) is 30.5 Å². The van der Waals surface area contributed by atoms with Gasteiger partial charge < -0.3 is 109 Å². The molecule has 0 amide bonds. The molecule has 0 spiro atoms. The van der Waals surface area contributed by atoms with Crippen LogP contribution in [0.2, 0.25) is 0 Å². The van der Waals surface area contributed by atoms with Gasteiger partial charge in [-0.3, -0.25) is 0 Å². The second kappa shape index (κ2) is 22.1. The first-order chi connectivity index (χ1) is 36.1. The third-order valence-corrected chi connectivity index (χ3v) is 21.8. The first-order valence-corrected chi connectivity index (χ1v) is 28.2. The smallest absolute Gasteiger partial charge is 0.187 e. The molecule has 0 bridgehead atoms. The van der Waals surface area contributed by atoms with E-state index < -0.39 is 153 Å². The molecule has 0 aromatic rings. The Bertz CT molecular complexity index is 2070. The monoisotopic (exact) mass is 1100 g/mol. The molecule has 22 heteroatoms. The Balaban J connectivity index is 1.01.